The number of pyridine rings is 1. The van der Waals surface area contributed by atoms with E-state index >= 15 is 0 Å². The normalized spacial score (nSPS) is 20.4. The summed E-state index contributed by atoms with van der Waals surface area (Å²) >= 11 is 5.71. The summed E-state index contributed by atoms with van der Waals surface area (Å²) in [4.78, 5) is 3.99. The van der Waals surface area contributed by atoms with Crippen LogP contribution in [0, 0.1) is 0 Å². The van der Waals surface area contributed by atoms with Gasteiger partial charge in [0, 0.05) is 6.20 Å². The summed E-state index contributed by atoms with van der Waals surface area (Å²) in [5.74, 6) is 0.627. The second-order valence-electron chi connectivity index (χ2n) is 2.41. The first kappa shape index (κ1) is 6.73. The van der Waals surface area contributed by atoms with Gasteiger partial charge in [0.05, 0.1) is 5.02 Å². The molecule has 1 N–H and O–H groups in total. The molecule has 0 radical (unpaired) electrons. The minimum atomic E-state index is -0.00373. The summed E-state index contributed by atoms with van der Waals surface area (Å²) in [6.45, 7) is 1.91. The van der Waals surface area contributed by atoms with Crippen molar-refractivity contribution < 1.29 is 4.74 Å². The predicted octanol–water partition coefficient (Wildman–Crippen LogP) is 1.89. The molecule has 2 heterocycles. The Morgan fingerprint density at radius 2 is 2.55 bits per heavy atom. The van der Waals surface area contributed by atoms with Gasteiger partial charge in [-0.3, -0.25) is 0 Å². The van der Waals surface area contributed by atoms with Crippen LogP contribution in [0.1, 0.15) is 6.92 Å². The zero-order valence-electron chi connectivity index (χ0n) is 5.97. The number of nitrogens with zero attached hydrogens (tertiary/aromatic N) is 1. The number of aromatic nitrogens is 1. The number of hydrogen-bond donors (Lipinski definition) is 1. The van der Waals surface area contributed by atoms with Crippen molar-refractivity contribution in [2.45, 2.75) is 13.2 Å². The van der Waals surface area contributed by atoms with Crippen molar-refractivity contribution in [1.82, 2.24) is 4.98 Å². The van der Waals surface area contributed by atoms with E-state index in [2.05, 4.69) is 10.3 Å². The molecular formula is C7H7ClN2O. The van der Waals surface area contributed by atoms with Gasteiger partial charge in [0.15, 0.2) is 6.23 Å². The standard InChI is InChI=1S/C7H7ClN2O/c1-4-10-6-2-5(8)3-9-7(6)11-4/h2-4,10H,1H3/t4-/m0/s1. The average Bonchev–Trinajstić information content (AvgIpc) is 2.27. The number of rotatable bonds is 0. The Hall–Kier alpha value is -0.960. The third-order valence-electron chi connectivity index (χ3n) is 1.46. The van der Waals surface area contributed by atoms with Crippen LogP contribution in [0.2, 0.25) is 5.02 Å². The molecule has 1 aliphatic rings. The van der Waals surface area contributed by atoms with Gasteiger partial charge in [-0.1, -0.05) is 11.6 Å². The summed E-state index contributed by atoms with van der Waals surface area (Å²) < 4.78 is 5.28. The fourth-order valence-electron chi connectivity index (χ4n) is 1.04. The molecule has 0 aliphatic carbocycles. The molecule has 1 aromatic rings. The van der Waals surface area contributed by atoms with Crippen molar-refractivity contribution in [3.8, 4) is 5.88 Å². The Bertz CT molecular complexity index is 290. The van der Waals surface area contributed by atoms with E-state index in [-0.39, 0.29) is 6.23 Å². The summed E-state index contributed by atoms with van der Waals surface area (Å²) in [7, 11) is 0. The van der Waals surface area contributed by atoms with Crippen LogP contribution in [-0.4, -0.2) is 11.2 Å². The lowest BCUT2D eigenvalue weighted by Crippen LogP contribution is -2.13. The van der Waals surface area contributed by atoms with Gasteiger partial charge < -0.3 is 10.1 Å². The summed E-state index contributed by atoms with van der Waals surface area (Å²) in [6, 6.07) is 1.80. The summed E-state index contributed by atoms with van der Waals surface area (Å²) in [5, 5.41) is 3.69. The molecule has 0 bridgehead atoms. The number of fused-ring (bicyclic) bond motifs is 1. The smallest absolute Gasteiger partial charge is 0.239 e. The van der Waals surface area contributed by atoms with E-state index in [1.54, 1.807) is 12.3 Å². The fourth-order valence-corrected chi connectivity index (χ4v) is 1.20. The summed E-state index contributed by atoms with van der Waals surface area (Å²) in [6.07, 6.45) is 1.57. The van der Waals surface area contributed by atoms with E-state index < -0.39 is 0 Å². The molecule has 58 valence electrons. The molecule has 2 rings (SSSR count). The maximum atomic E-state index is 5.71. The Morgan fingerprint density at radius 1 is 1.73 bits per heavy atom. The van der Waals surface area contributed by atoms with Crippen molar-refractivity contribution in [3.05, 3.63) is 17.3 Å². The summed E-state index contributed by atoms with van der Waals surface area (Å²) in [5.41, 5.74) is 0.866. The second kappa shape index (κ2) is 2.27. The molecule has 0 amide bonds. The molecule has 3 nitrogen and oxygen atoms in total. The van der Waals surface area contributed by atoms with Crippen molar-refractivity contribution in [3.63, 3.8) is 0 Å². The zero-order valence-corrected chi connectivity index (χ0v) is 6.72. The molecule has 0 aromatic carbocycles. The maximum Gasteiger partial charge on any atom is 0.239 e. The van der Waals surface area contributed by atoms with Gasteiger partial charge >= 0.3 is 0 Å². The third kappa shape index (κ3) is 1.12. The first-order valence-electron chi connectivity index (χ1n) is 3.34. The molecular weight excluding hydrogens is 164 g/mol. The molecule has 0 spiro atoms. The van der Waals surface area contributed by atoms with E-state index in [0.717, 1.165) is 5.69 Å². The highest BCUT2D eigenvalue weighted by molar-refractivity contribution is 6.30. The molecule has 11 heavy (non-hydrogen) atoms. The van der Waals surface area contributed by atoms with Crippen molar-refractivity contribution in [2.24, 2.45) is 0 Å². The molecule has 1 aromatic heterocycles. The average molecular weight is 171 g/mol. The molecule has 4 heteroatoms. The van der Waals surface area contributed by atoms with E-state index in [1.165, 1.54) is 0 Å². The van der Waals surface area contributed by atoms with Gasteiger partial charge in [-0.05, 0) is 13.0 Å². The predicted molar refractivity (Wildman–Crippen MR) is 43.0 cm³/mol. The lowest BCUT2D eigenvalue weighted by Gasteiger charge is -1.99. The lowest BCUT2D eigenvalue weighted by molar-refractivity contribution is 0.265. The number of anilines is 1. The quantitative estimate of drug-likeness (QED) is 0.646. The fraction of sp³-hybridized carbons (Fsp3) is 0.286. The van der Waals surface area contributed by atoms with Gasteiger partial charge in [-0.15, -0.1) is 0 Å². The monoisotopic (exact) mass is 170 g/mol. The highest BCUT2D eigenvalue weighted by atomic mass is 35.5. The van der Waals surface area contributed by atoms with Gasteiger partial charge in [-0.25, -0.2) is 4.98 Å². The van der Waals surface area contributed by atoms with Crippen LogP contribution >= 0.6 is 11.6 Å². The lowest BCUT2D eigenvalue weighted by atomic mass is 10.4. The molecule has 0 fully saturated rings. The molecule has 0 saturated heterocycles. The molecule has 1 atom stereocenters. The van der Waals surface area contributed by atoms with Gasteiger partial charge in [0.1, 0.15) is 5.69 Å². The van der Waals surface area contributed by atoms with Crippen LogP contribution in [0.4, 0.5) is 5.69 Å². The highest BCUT2D eigenvalue weighted by Gasteiger charge is 2.18. The van der Waals surface area contributed by atoms with Crippen LogP contribution in [0.15, 0.2) is 12.3 Å². The Morgan fingerprint density at radius 3 is 3.36 bits per heavy atom. The first-order chi connectivity index (χ1) is 5.25. The van der Waals surface area contributed by atoms with Crippen LogP contribution in [0.5, 0.6) is 5.88 Å². The SMILES string of the molecule is C[C@H]1Nc2cc(Cl)cnc2O1. The van der Waals surface area contributed by atoms with E-state index in [4.69, 9.17) is 16.3 Å². The molecule has 0 saturated carbocycles. The van der Waals surface area contributed by atoms with Crippen molar-refractivity contribution in [2.75, 3.05) is 5.32 Å². The Balaban J connectivity index is 2.43. The molecule has 1 aliphatic heterocycles. The first-order valence-corrected chi connectivity index (χ1v) is 3.72. The van der Waals surface area contributed by atoms with E-state index in [0.29, 0.717) is 10.9 Å². The largest absolute Gasteiger partial charge is 0.453 e. The Kier molecular flexibility index (Phi) is 1.39. The van der Waals surface area contributed by atoms with E-state index in [1.807, 2.05) is 6.92 Å². The van der Waals surface area contributed by atoms with Gasteiger partial charge in [0.25, 0.3) is 0 Å². The van der Waals surface area contributed by atoms with E-state index in [9.17, 15) is 0 Å². The van der Waals surface area contributed by atoms with Gasteiger partial charge in [-0.2, -0.15) is 0 Å². The van der Waals surface area contributed by atoms with Crippen molar-refractivity contribution in [1.29, 1.82) is 0 Å². The number of nitrogens with one attached hydrogen (secondary N) is 1. The second-order valence-corrected chi connectivity index (χ2v) is 2.85. The maximum absolute atomic E-state index is 5.71. The minimum absolute atomic E-state index is 0.00373. The highest BCUT2D eigenvalue weighted by Crippen LogP contribution is 2.30. The van der Waals surface area contributed by atoms with Crippen LogP contribution in [-0.2, 0) is 0 Å². The number of ether oxygens (including phenoxy) is 1. The van der Waals surface area contributed by atoms with Crippen LogP contribution in [0.3, 0.4) is 0 Å². The number of hydrogen-bond acceptors (Lipinski definition) is 3. The zero-order chi connectivity index (χ0) is 7.84. The topological polar surface area (TPSA) is 34.2 Å². The third-order valence-corrected chi connectivity index (χ3v) is 1.67. The molecule has 0 unspecified atom stereocenters. The Labute approximate surface area is 69.3 Å². The number of halogens is 1. The van der Waals surface area contributed by atoms with Gasteiger partial charge in [0.2, 0.25) is 5.88 Å². The van der Waals surface area contributed by atoms with Crippen LogP contribution < -0.4 is 10.1 Å². The van der Waals surface area contributed by atoms with Crippen LogP contribution in [0.25, 0.3) is 0 Å². The van der Waals surface area contributed by atoms with Crippen molar-refractivity contribution >= 4 is 17.3 Å². The minimum Gasteiger partial charge on any atom is -0.453 e.